The molecule has 1 aromatic heterocycles. The highest BCUT2D eigenvalue weighted by atomic mass is 19.4. The smallest absolute Gasteiger partial charge is 0.385 e. The summed E-state index contributed by atoms with van der Waals surface area (Å²) < 4.78 is 44.7. The van der Waals surface area contributed by atoms with Crippen LogP contribution in [0.3, 0.4) is 0 Å². The molecule has 11 heteroatoms. The molecule has 0 atom stereocenters. The Morgan fingerprint density at radius 3 is 2.35 bits per heavy atom. The van der Waals surface area contributed by atoms with Gasteiger partial charge in [0.05, 0.1) is 5.56 Å². The number of hydrogen-bond donors (Lipinski definition) is 2. The summed E-state index contributed by atoms with van der Waals surface area (Å²) in [5, 5.41) is 0. The second kappa shape index (κ2) is 9.82. The Balaban J connectivity index is 2.55. The van der Waals surface area contributed by atoms with Crippen molar-refractivity contribution in [2.45, 2.75) is 33.0 Å². The Morgan fingerprint density at radius 1 is 1.23 bits per heavy atom. The molecule has 2 aromatic rings. The third kappa shape index (κ3) is 5.75. The molecule has 8 nitrogen and oxygen atoms in total. The lowest BCUT2D eigenvalue weighted by Crippen LogP contribution is -2.42. The van der Waals surface area contributed by atoms with Crippen molar-refractivity contribution in [1.82, 2.24) is 9.55 Å². The lowest BCUT2D eigenvalue weighted by Gasteiger charge is -2.25. The molecule has 0 saturated heterocycles. The second-order valence-corrected chi connectivity index (χ2v) is 7.38. The minimum atomic E-state index is -4.55. The van der Waals surface area contributed by atoms with Crippen LogP contribution in [-0.4, -0.2) is 35.7 Å². The highest BCUT2D eigenvalue weighted by molar-refractivity contribution is 6.07. The van der Waals surface area contributed by atoms with Gasteiger partial charge < -0.3 is 15.4 Å². The number of benzene rings is 1. The number of nitrogens with zero attached hydrogens (tertiary/aromatic N) is 2. The number of nitrogens with two attached hydrogens (primary N) is 1. The molecule has 0 spiro atoms. The van der Waals surface area contributed by atoms with Gasteiger partial charge in [0.15, 0.2) is 5.69 Å². The van der Waals surface area contributed by atoms with Crippen molar-refractivity contribution in [2.24, 2.45) is 5.92 Å². The predicted molar refractivity (Wildman–Crippen MR) is 110 cm³/mol. The van der Waals surface area contributed by atoms with Gasteiger partial charge in [-0.25, -0.2) is 4.79 Å². The number of alkyl halides is 3. The highest BCUT2D eigenvalue weighted by Crippen LogP contribution is 2.29. The topological polar surface area (TPSA) is 110 Å². The van der Waals surface area contributed by atoms with E-state index in [9.17, 15) is 27.6 Å². The molecule has 1 aromatic carbocycles. The Bertz CT molecular complexity index is 1030. The van der Waals surface area contributed by atoms with E-state index in [1.807, 2.05) is 13.8 Å². The summed E-state index contributed by atoms with van der Waals surface area (Å²) in [7, 11) is 1.46. The first-order valence-electron chi connectivity index (χ1n) is 9.58. The van der Waals surface area contributed by atoms with E-state index in [-0.39, 0.29) is 42.7 Å². The van der Waals surface area contributed by atoms with E-state index >= 15 is 0 Å². The van der Waals surface area contributed by atoms with Gasteiger partial charge in [-0.3, -0.25) is 19.1 Å². The van der Waals surface area contributed by atoms with Crippen LogP contribution in [0.5, 0.6) is 0 Å². The monoisotopic (exact) mass is 442 g/mol. The van der Waals surface area contributed by atoms with Gasteiger partial charge in [0, 0.05) is 32.4 Å². The van der Waals surface area contributed by atoms with Gasteiger partial charge in [0.1, 0.15) is 5.82 Å². The van der Waals surface area contributed by atoms with Crippen LogP contribution in [0.25, 0.3) is 0 Å². The zero-order valence-corrected chi connectivity index (χ0v) is 17.5. The van der Waals surface area contributed by atoms with E-state index in [2.05, 4.69) is 4.98 Å². The first kappa shape index (κ1) is 24.2. The summed E-state index contributed by atoms with van der Waals surface area (Å²) in [5.74, 6) is -0.900. The number of ether oxygens (including phenoxy) is 1. The fourth-order valence-electron chi connectivity index (χ4n) is 3.02. The predicted octanol–water partition coefficient (Wildman–Crippen LogP) is 2.48. The summed E-state index contributed by atoms with van der Waals surface area (Å²) in [6, 6.07) is 3.63. The lowest BCUT2D eigenvalue weighted by molar-refractivity contribution is -0.137. The van der Waals surface area contributed by atoms with Crippen LogP contribution in [0.1, 0.15) is 36.2 Å². The van der Waals surface area contributed by atoms with Crippen LogP contribution in [0, 0.1) is 5.92 Å². The number of carbonyl (C=O) groups excluding carboxylic acids is 1. The zero-order chi connectivity index (χ0) is 23.3. The van der Waals surface area contributed by atoms with Crippen LogP contribution in [-0.2, 0) is 17.5 Å². The molecule has 0 aliphatic heterocycles. The van der Waals surface area contributed by atoms with Crippen LogP contribution in [0.4, 0.5) is 24.7 Å². The van der Waals surface area contributed by atoms with E-state index < -0.39 is 28.9 Å². The maximum Gasteiger partial charge on any atom is 0.416 e. The Hall–Kier alpha value is -3.08. The average molecular weight is 442 g/mol. The average Bonchev–Trinajstić information content (AvgIpc) is 2.68. The number of rotatable bonds is 8. The number of aromatic amines is 1. The Morgan fingerprint density at radius 2 is 1.84 bits per heavy atom. The molecule has 0 fully saturated rings. The molecule has 2 rings (SSSR count). The van der Waals surface area contributed by atoms with Gasteiger partial charge >= 0.3 is 11.9 Å². The third-order valence-corrected chi connectivity index (χ3v) is 4.47. The summed E-state index contributed by atoms with van der Waals surface area (Å²) >= 11 is 0. The van der Waals surface area contributed by atoms with Gasteiger partial charge in [-0.1, -0.05) is 13.8 Å². The summed E-state index contributed by atoms with van der Waals surface area (Å²) in [5.41, 5.74) is 3.33. The summed E-state index contributed by atoms with van der Waals surface area (Å²) in [6.07, 6.45) is -4.22. The van der Waals surface area contributed by atoms with E-state index in [1.165, 1.54) is 7.11 Å². The lowest BCUT2D eigenvalue weighted by atomic mass is 10.1. The zero-order valence-electron chi connectivity index (χ0n) is 17.5. The molecule has 1 heterocycles. The largest absolute Gasteiger partial charge is 0.416 e. The molecule has 0 unspecified atom stereocenters. The number of nitrogens with one attached hydrogen (secondary N) is 1. The first-order valence-corrected chi connectivity index (χ1v) is 9.58. The fraction of sp³-hybridized carbons (Fsp3) is 0.450. The minimum absolute atomic E-state index is 0.000851. The number of nitrogen functional groups attached to an aromatic ring is 1. The molecule has 31 heavy (non-hydrogen) atoms. The summed E-state index contributed by atoms with van der Waals surface area (Å²) in [6.45, 7) is 4.16. The third-order valence-electron chi connectivity index (χ3n) is 4.47. The molecular formula is C20H25F3N4O4. The van der Waals surface area contributed by atoms with Gasteiger partial charge in [0.2, 0.25) is 0 Å². The van der Waals surface area contributed by atoms with Crippen LogP contribution in [0.15, 0.2) is 33.9 Å². The van der Waals surface area contributed by atoms with Crippen LogP contribution < -0.4 is 21.9 Å². The van der Waals surface area contributed by atoms with Crippen molar-refractivity contribution in [1.29, 1.82) is 0 Å². The standard InChI is InChI=1S/C20H25F3N4O4/c1-12(2)11-27-16(24)15(17(28)25-19(27)30)26(9-4-10-31-3)18(29)13-5-7-14(8-6-13)20(21,22)23/h5-8,12H,4,9-11,24H2,1-3H3,(H,25,28,30). The molecular weight excluding hydrogens is 417 g/mol. The minimum Gasteiger partial charge on any atom is -0.385 e. The molecule has 0 radical (unpaired) electrons. The number of methoxy groups -OCH3 is 1. The number of amides is 1. The number of hydrogen-bond acceptors (Lipinski definition) is 5. The molecule has 3 N–H and O–H groups in total. The van der Waals surface area contributed by atoms with Crippen molar-refractivity contribution in [3.8, 4) is 0 Å². The van der Waals surface area contributed by atoms with Crippen LogP contribution >= 0.6 is 0 Å². The maximum atomic E-state index is 13.1. The van der Waals surface area contributed by atoms with Crippen molar-refractivity contribution in [3.63, 3.8) is 0 Å². The number of carbonyl (C=O) groups is 1. The molecule has 0 aliphatic carbocycles. The van der Waals surface area contributed by atoms with Crippen molar-refractivity contribution in [2.75, 3.05) is 30.9 Å². The van der Waals surface area contributed by atoms with Crippen molar-refractivity contribution < 1.29 is 22.7 Å². The SMILES string of the molecule is COCCCN(C(=O)c1ccc(C(F)(F)F)cc1)c1c(N)n(CC(C)C)c(=O)[nH]c1=O. The molecule has 1 amide bonds. The van der Waals surface area contributed by atoms with E-state index in [4.69, 9.17) is 10.5 Å². The normalized spacial score (nSPS) is 11.7. The Kier molecular flexibility index (Phi) is 7.66. The summed E-state index contributed by atoms with van der Waals surface area (Å²) in [4.78, 5) is 41.1. The van der Waals surface area contributed by atoms with E-state index in [0.717, 1.165) is 33.7 Å². The fourth-order valence-corrected chi connectivity index (χ4v) is 3.02. The van der Waals surface area contributed by atoms with E-state index in [0.29, 0.717) is 6.42 Å². The number of aromatic nitrogens is 2. The van der Waals surface area contributed by atoms with E-state index in [1.54, 1.807) is 0 Å². The van der Waals surface area contributed by atoms with Crippen molar-refractivity contribution >= 4 is 17.4 Å². The van der Waals surface area contributed by atoms with Gasteiger partial charge in [-0.15, -0.1) is 0 Å². The number of halogens is 3. The van der Waals surface area contributed by atoms with Crippen LogP contribution in [0.2, 0.25) is 0 Å². The number of H-pyrrole nitrogens is 1. The van der Waals surface area contributed by atoms with Gasteiger partial charge in [-0.05, 0) is 36.6 Å². The molecule has 0 saturated carbocycles. The Labute approximate surface area is 176 Å². The second-order valence-electron chi connectivity index (χ2n) is 7.38. The maximum absolute atomic E-state index is 13.1. The van der Waals surface area contributed by atoms with Crippen molar-refractivity contribution in [3.05, 3.63) is 56.2 Å². The quantitative estimate of drug-likeness (QED) is 0.611. The molecule has 170 valence electrons. The highest BCUT2D eigenvalue weighted by Gasteiger charge is 2.31. The van der Waals surface area contributed by atoms with Gasteiger partial charge in [-0.2, -0.15) is 13.2 Å². The molecule has 0 bridgehead atoms. The van der Waals surface area contributed by atoms with Gasteiger partial charge in [0.25, 0.3) is 11.5 Å². The first-order chi connectivity index (χ1) is 14.5. The number of anilines is 2. The molecule has 0 aliphatic rings.